The topological polar surface area (TPSA) is 76.5 Å². The number of fused-ring (bicyclic) bond motifs is 1. The smallest absolute Gasteiger partial charge is 0.246 e. The van der Waals surface area contributed by atoms with Crippen molar-refractivity contribution in [3.8, 4) is 0 Å². The minimum Gasteiger partial charge on any atom is -0.375 e. The van der Waals surface area contributed by atoms with E-state index in [4.69, 9.17) is 4.74 Å². The molecular formula is C15H22N4O3. The minimum atomic E-state index is -0.154. The molecule has 1 N–H and O–H groups in total. The average molecular weight is 306 g/mol. The van der Waals surface area contributed by atoms with Crippen molar-refractivity contribution in [3.05, 3.63) is 18.0 Å². The second-order valence-electron chi connectivity index (χ2n) is 6.00. The Morgan fingerprint density at radius 2 is 2.27 bits per heavy atom. The Morgan fingerprint density at radius 1 is 1.45 bits per heavy atom. The van der Waals surface area contributed by atoms with Crippen LogP contribution in [0, 0.1) is 5.92 Å². The van der Waals surface area contributed by atoms with Crippen molar-refractivity contribution in [1.29, 1.82) is 0 Å². The summed E-state index contributed by atoms with van der Waals surface area (Å²) in [5, 5.41) is 7.17. The molecule has 1 aliphatic heterocycles. The quantitative estimate of drug-likeness (QED) is 0.850. The van der Waals surface area contributed by atoms with Crippen LogP contribution in [0.5, 0.6) is 0 Å². The van der Waals surface area contributed by atoms with Gasteiger partial charge in [0.15, 0.2) is 0 Å². The van der Waals surface area contributed by atoms with Gasteiger partial charge in [-0.05, 0) is 18.9 Å². The summed E-state index contributed by atoms with van der Waals surface area (Å²) in [5.74, 6) is 0.281. The highest BCUT2D eigenvalue weighted by Crippen LogP contribution is 2.30. The van der Waals surface area contributed by atoms with Gasteiger partial charge < -0.3 is 15.0 Å². The molecule has 0 saturated heterocycles. The zero-order chi connectivity index (χ0) is 15.5. The Labute approximate surface area is 129 Å². The van der Waals surface area contributed by atoms with Crippen LogP contribution in [0.25, 0.3) is 0 Å². The number of rotatable bonds is 5. The van der Waals surface area contributed by atoms with Gasteiger partial charge in [0.2, 0.25) is 11.8 Å². The highest BCUT2D eigenvalue weighted by Gasteiger charge is 2.34. The van der Waals surface area contributed by atoms with Crippen LogP contribution in [0.4, 0.5) is 0 Å². The van der Waals surface area contributed by atoms with Crippen molar-refractivity contribution in [1.82, 2.24) is 20.0 Å². The summed E-state index contributed by atoms with van der Waals surface area (Å²) in [7, 11) is 1.49. The second kappa shape index (κ2) is 6.48. The van der Waals surface area contributed by atoms with E-state index in [0.29, 0.717) is 19.6 Å². The Kier molecular flexibility index (Phi) is 4.42. The number of nitrogens with zero attached hydrogens (tertiary/aromatic N) is 3. The van der Waals surface area contributed by atoms with Crippen molar-refractivity contribution >= 4 is 11.8 Å². The highest BCUT2D eigenvalue weighted by atomic mass is 16.5. The number of amides is 2. The molecule has 3 rings (SSSR count). The van der Waals surface area contributed by atoms with Crippen molar-refractivity contribution in [3.63, 3.8) is 0 Å². The van der Waals surface area contributed by atoms with Gasteiger partial charge in [-0.25, -0.2) is 0 Å². The molecule has 0 radical (unpaired) electrons. The first-order valence-electron chi connectivity index (χ1n) is 7.76. The van der Waals surface area contributed by atoms with Crippen LogP contribution in [-0.4, -0.2) is 53.3 Å². The van der Waals surface area contributed by atoms with E-state index in [1.54, 1.807) is 6.20 Å². The molecule has 1 fully saturated rings. The maximum atomic E-state index is 12.5. The molecule has 2 heterocycles. The molecule has 0 aromatic carbocycles. The lowest BCUT2D eigenvalue weighted by molar-refractivity contribution is -0.140. The van der Waals surface area contributed by atoms with Gasteiger partial charge in [-0.1, -0.05) is 6.42 Å². The zero-order valence-corrected chi connectivity index (χ0v) is 12.8. The number of methoxy groups -OCH3 is 1. The van der Waals surface area contributed by atoms with Crippen LogP contribution in [-0.2, 0) is 20.9 Å². The Morgan fingerprint density at radius 3 is 2.95 bits per heavy atom. The van der Waals surface area contributed by atoms with Crippen LogP contribution in [0.1, 0.15) is 31.0 Å². The summed E-state index contributed by atoms with van der Waals surface area (Å²) in [5.41, 5.74) is 1.02. The number of hydrogen-bond acceptors (Lipinski definition) is 4. The van der Waals surface area contributed by atoms with Crippen LogP contribution in [0.2, 0.25) is 0 Å². The summed E-state index contributed by atoms with van der Waals surface area (Å²) in [6.45, 7) is 1.70. The monoisotopic (exact) mass is 306 g/mol. The summed E-state index contributed by atoms with van der Waals surface area (Å²) in [6.07, 6.45) is 4.91. The summed E-state index contributed by atoms with van der Waals surface area (Å²) >= 11 is 0. The molecule has 1 saturated carbocycles. The number of carbonyl (C=O) groups excluding carboxylic acids is 2. The van der Waals surface area contributed by atoms with Crippen molar-refractivity contribution < 1.29 is 14.3 Å². The van der Waals surface area contributed by atoms with E-state index >= 15 is 0 Å². The lowest BCUT2D eigenvalue weighted by Crippen LogP contribution is -2.48. The molecule has 1 aromatic rings. The van der Waals surface area contributed by atoms with Gasteiger partial charge >= 0.3 is 0 Å². The second-order valence-corrected chi connectivity index (χ2v) is 6.00. The number of carbonyl (C=O) groups is 2. The van der Waals surface area contributed by atoms with Crippen LogP contribution in [0.15, 0.2) is 12.3 Å². The third kappa shape index (κ3) is 2.99. The van der Waals surface area contributed by atoms with E-state index in [-0.39, 0.29) is 30.4 Å². The number of hydrogen-bond donors (Lipinski definition) is 1. The first kappa shape index (κ1) is 15.0. The lowest BCUT2D eigenvalue weighted by Gasteiger charge is -2.37. The van der Waals surface area contributed by atoms with Gasteiger partial charge in [-0.2, -0.15) is 5.10 Å². The van der Waals surface area contributed by atoms with Gasteiger partial charge in [-0.15, -0.1) is 0 Å². The largest absolute Gasteiger partial charge is 0.375 e. The van der Waals surface area contributed by atoms with E-state index in [1.807, 2.05) is 15.6 Å². The van der Waals surface area contributed by atoms with Crippen LogP contribution < -0.4 is 5.32 Å². The molecular weight excluding hydrogens is 284 g/mol. The first-order chi connectivity index (χ1) is 10.7. The molecule has 0 unspecified atom stereocenters. The molecule has 1 atom stereocenters. The average Bonchev–Trinajstić information content (AvgIpc) is 2.91. The molecule has 7 nitrogen and oxygen atoms in total. The summed E-state index contributed by atoms with van der Waals surface area (Å²) < 4.78 is 6.73. The van der Waals surface area contributed by atoms with E-state index in [9.17, 15) is 9.59 Å². The number of ether oxygens (including phenoxy) is 1. The molecule has 2 amide bonds. The first-order valence-corrected chi connectivity index (χ1v) is 7.76. The molecule has 22 heavy (non-hydrogen) atoms. The number of nitrogens with one attached hydrogen (secondary N) is 1. The van der Waals surface area contributed by atoms with Gasteiger partial charge in [-0.3, -0.25) is 14.3 Å². The Balaban J connectivity index is 1.66. The third-order valence-corrected chi connectivity index (χ3v) is 4.46. The van der Waals surface area contributed by atoms with Crippen molar-refractivity contribution in [2.24, 2.45) is 5.92 Å². The van der Waals surface area contributed by atoms with Gasteiger partial charge in [0.25, 0.3) is 0 Å². The highest BCUT2D eigenvalue weighted by molar-refractivity contribution is 5.80. The maximum Gasteiger partial charge on any atom is 0.246 e. The Hall–Kier alpha value is -1.89. The third-order valence-electron chi connectivity index (χ3n) is 4.46. The number of aromatic nitrogens is 2. The minimum absolute atomic E-state index is 0.0245. The summed E-state index contributed by atoms with van der Waals surface area (Å²) in [6, 6.07) is 1.91. The van der Waals surface area contributed by atoms with Crippen molar-refractivity contribution in [2.45, 2.75) is 31.8 Å². The SMILES string of the molecule is COCC(=O)NC[C@H]1CN(C(=O)C2CCC2)Cc2ccnn21. The van der Waals surface area contributed by atoms with E-state index in [0.717, 1.165) is 25.0 Å². The summed E-state index contributed by atoms with van der Waals surface area (Å²) in [4.78, 5) is 26.0. The van der Waals surface area contributed by atoms with Crippen LogP contribution >= 0.6 is 0 Å². The predicted molar refractivity (Wildman–Crippen MR) is 78.9 cm³/mol. The molecule has 120 valence electrons. The zero-order valence-electron chi connectivity index (χ0n) is 12.8. The molecule has 1 aliphatic carbocycles. The predicted octanol–water partition coefficient (Wildman–Crippen LogP) is 0.329. The maximum absolute atomic E-state index is 12.5. The van der Waals surface area contributed by atoms with Gasteiger partial charge in [0.1, 0.15) is 6.61 Å². The standard InChI is InChI=1S/C15H22N4O3/c1-22-10-14(20)16-7-13-9-18(15(21)11-3-2-4-11)8-12-5-6-17-19(12)13/h5-6,11,13H,2-4,7-10H2,1H3,(H,16,20)/t13-/m0/s1. The van der Waals surface area contributed by atoms with Crippen LogP contribution in [0.3, 0.4) is 0 Å². The molecule has 7 heteroatoms. The molecule has 0 spiro atoms. The fourth-order valence-corrected chi connectivity index (χ4v) is 3.03. The normalized spacial score (nSPS) is 21.1. The van der Waals surface area contributed by atoms with Crippen molar-refractivity contribution in [2.75, 3.05) is 26.8 Å². The van der Waals surface area contributed by atoms with Gasteiger partial charge in [0, 0.05) is 32.3 Å². The fourth-order valence-electron chi connectivity index (χ4n) is 3.03. The van der Waals surface area contributed by atoms with E-state index < -0.39 is 0 Å². The van der Waals surface area contributed by atoms with Gasteiger partial charge in [0.05, 0.1) is 18.3 Å². The lowest BCUT2D eigenvalue weighted by atomic mass is 9.84. The molecule has 1 aromatic heterocycles. The fraction of sp³-hybridized carbons (Fsp3) is 0.667. The van der Waals surface area contributed by atoms with E-state index in [2.05, 4.69) is 10.4 Å². The molecule has 2 aliphatic rings. The molecule has 0 bridgehead atoms. The Bertz CT molecular complexity index is 553. The van der Waals surface area contributed by atoms with E-state index in [1.165, 1.54) is 7.11 Å².